The molecule has 0 unspecified atom stereocenters. The van der Waals surface area contributed by atoms with Gasteiger partial charge in [0.25, 0.3) is 0 Å². The Morgan fingerprint density at radius 2 is 2.33 bits per heavy atom. The van der Waals surface area contributed by atoms with Gasteiger partial charge in [0.15, 0.2) is 0 Å². The topological polar surface area (TPSA) is 46.0 Å². The molecule has 1 saturated carbocycles. The van der Waals surface area contributed by atoms with Gasteiger partial charge < -0.3 is 5.11 Å². The van der Waals surface area contributed by atoms with E-state index < -0.39 is 0 Å². The molecule has 1 aromatic rings. The second-order valence-electron chi connectivity index (χ2n) is 3.46. The first-order valence-corrected chi connectivity index (χ1v) is 4.16. The third-order valence-corrected chi connectivity index (χ3v) is 2.64. The van der Waals surface area contributed by atoms with Crippen LogP contribution in [-0.4, -0.2) is 21.7 Å². The van der Waals surface area contributed by atoms with Gasteiger partial charge in [-0.3, -0.25) is 0 Å². The maximum Gasteiger partial charge on any atom is 0.115 e. The monoisotopic (exact) mass is 164 g/mol. The minimum absolute atomic E-state index is 0.00530. The summed E-state index contributed by atoms with van der Waals surface area (Å²) in [5.74, 6) is 0. The summed E-state index contributed by atoms with van der Waals surface area (Å²) in [5, 5.41) is 9.18. The Morgan fingerprint density at radius 3 is 2.83 bits per heavy atom. The van der Waals surface area contributed by atoms with Crippen LogP contribution in [0.5, 0.6) is 0 Å². The number of rotatable bonds is 2. The number of hydrogen-bond donors (Lipinski definition) is 1. The Balaban J connectivity index is 2.40. The van der Waals surface area contributed by atoms with Crippen molar-refractivity contribution in [3.05, 3.63) is 23.8 Å². The van der Waals surface area contributed by atoms with Crippen LogP contribution in [0.2, 0.25) is 0 Å². The summed E-state index contributed by atoms with van der Waals surface area (Å²) in [7, 11) is 0. The van der Waals surface area contributed by atoms with E-state index in [0.717, 1.165) is 24.1 Å². The van der Waals surface area contributed by atoms with E-state index in [1.807, 2.05) is 13.1 Å². The highest BCUT2D eigenvalue weighted by Crippen LogP contribution is 2.48. The molecule has 0 spiro atoms. The van der Waals surface area contributed by atoms with Crippen molar-refractivity contribution in [2.24, 2.45) is 0 Å². The maximum absolute atomic E-state index is 9.18. The van der Waals surface area contributed by atoms with Crippen LogP contribution < -0.4 is 0 Å². The second-order valence-corrected chi connectivity index (χ2v) is 3.46. The van der Waals surface area contributed by atoms with E-state index in [0.29, 0.717) is 0 Å². The molecule has 12 heavy (non-hydrogen) atoms. The van der Waals surface area contributed by atoms with Crippen LogP contribution in [0.4, 0.5) is 0 Å². The fraction of sp³-hybridized carbons (Fsp3) is 0.556. The number of aliphatic hydroxyl groups is 1. The van der Waals surface area contributed by atoms with E-state index in [-0.39, 0.29) is 12.0 Å². The molecule has 0 saturated heterocycles. The highest BCUT2D eigenvalue weighted by atomic mass is 16.3. The van der Waals surface area contributed by atoms with Crippen molar-refractivity contribution < 1.29 is 5.11 Å². The predicted octanol–water partition coefficient (Wildman–Crippen LogP) is 0.809. The van der Waals surface area contributed by atoms with Crippen LogP contribution in [0.25, 0.3) is 0 Å². The van der Waals surface area contributed by atoms with Crippen LogP contribution in [0.15, 0.2) is 12.5 Å². The lowest BCUT2D eigenvalue weighted by Crippen LogP contribution is -2.14. The van der Waals surface area contributed by atoms with Crippen molar-refractivity contribution in [2.45, 2.75) is 25.2 Å². The summed E-state index contributed by atoms with van der Waals surface area (Å²) >= 11 is 0. The molecule has 1 aliphatic rings. The van der Waals surface area contributed by atoms with E-state index in [1.165, 1.54) is 0 Å². The van der Waals surface area contributed by atoms with Gasteiger partial charge in [-0.1, -0.05) is 0 Å². The molecule has 1 aliphatic carbocycles. The van der Waals surface area contributed by atoms with Crippen molar-refractivity contribution in [2.75, 3.05) is 6.61 Å². The Kier molecular flexibility index (Phi) is 1.61. The summed E-state index contributed by atoms with van der Waals surface area (Å²) in [4.78, 5) is 8.09. The summed E-state index contributed by atoms with van der Waals surface area (Å²) in [6, 6.07) is 0. The molecule has 1 fully saturated rings. The van der Waals surface area contributed by atoms with Gasteiger partial charge in [-0.2, -0.15) is 0 Å². The van der Waals surface area contributed by atoms with Gasteiger partial charge in [-0.05, 0) is 19.8 Å². The minimum atomic E-state index is 0.00530. The molecule has 1 heterocycles. The Labute approximate surface area is 71.5 Å². The zero-order chi connectivity index (χ0) is 8.60. The number of aromatic nitrogens is 2. The molecular formula is C9H12N2O. The van der Waals surface area contributed by atoms with E-state index in [4.69, 9.17) is 0 Å². The molecular weight excluding hydrogens is 152 g/mol. The Hall–Kier alpha value is -0.960. The number of aliphatic hydroxyl groups excluding tert-OH is 1. The van der Waals surface area contributed by atoms with Crippen molar-refractivity contribution in [3.63, 3.8) is 0 Å². The average molecular weight is 164 g/mol. The van der Waals surface area contributed by atoms with Gasteiger partial charge in [0, 0.05) is 22.9 Å². The number of hydrogen-bond acceptors (Lipinski definition) is 3. The predicted molar refractivity (Wildman–Crippen MR) is 44.8 cm³/mol. The molecule has 0 atom stereocenters. The quantitative estimate of drug-likeness (QED) is 0.703. The fourth-order valence-electron chi connectivity index (χ4n) is 1.57. The normalized spacial score (nSPS) is 19.2. The van der Waals surface area contributed by atoms with Crippen molar-refractivity contribution in [1.82, 2.24) is 9.97 Å². The Morgan fingerprint density at radius 1 is 1.58 bits per heavy atom. The first-order chi connectivity index (χ1) is 5.78. The lowest BCUT2D eigenvalue weighted by molar-refractivity contribution is 0.254. The van der Waals surface area contributed by atoms with Crippen LogP contribution in [0.1, 0.15) is 24.1 Å². The van der Waals surface area contributed by atoms with Gasteiger partial charge in [0.05, 0.1) is 6.61 Å². The largest absolute Gasteiger partial charge is 0.395 e. The third kappa shape index (κ3) is 1.01. The smallest absolute Gasteiger partial charge is 0.115 e. The number of nitrogens with zero attached hydrogens (tertiary/aromatic N) is 2. The minimum Gasteiger partial charge on any atom is -0.395 e. The fourth-order valence-corrected chi connectivity index (χ4v) is 1.57. The van der Waals surface area contributed by atoms with Gasteiger partial charge in [0.1, 0.15) is 6.33 Å². The lowest BCUT2D eigenvalue weighted by Gasteiger charge is -2.12. The molecule has 2 rings (SSSR count). The standard InChI is InChI=1S/C9H12N2O/c1-7-8(4-10-6-11-7)9(5-12)2-3-9/h4,6,12H,2-3,5H2,1H3. The lowest BCUT2D eigenvalue weighted by atomic mass is 9.97. The molecule has 0 amide bonds. The highest BCUT2D eigenvalue weighted by Gasteiger charge is 2.45. The molecule has 64 valence electrons. The van der Waals surface area contributed by atoms with Crippen molar-refractivity contribution in [1.29, 1.82) is 0 Å². The molecule has 0 radical (unpaired) electrons. The summed E-state index contributed by atoms with van der Waals surface area (Å²) in [5.41, 5.74) is 2.12. The highest BCUT2D eigenvalue weighted by molar-refractivity contribution is 5.31. The van der Waals surface area contributed by atoms with Gasteiger partial charge in [-0.15, -0.1) is 0 Å². The second kappa shape index (κ2) is 2.52. The zero-order valence-corrected chi connectivity index (χ0v) is 7.12. The first-order valence-electron chi connectivity index (χ1n) is 4.16. The summed E-state index contributed by atoms with van der Waals surface area (Å²) in [6.07, 6.45) is 5.51. The van der Waals surface area contributed by atoms with Gasteiger partial charge >= 0.3 is 0 Å². The van der Waals surface area contributed by atoms with E-state index in [2.05, 4.69) is 9.97 Å². The molecule has 0 aliphatic heterocycles. The van der Waals surface area contributed by atoms with Gasteiger partial charge in [0.2, 0.25) is 0 Å². The zero-order valence-electron chi connectivity index (χ0n) is 7.12. The molecule has 0 bridgehead atoms. The summed E-state index contributed by atoms with van der Waals surface area (Å²) in [6.45, 7) is 2.19. The average Bonchev–Trinajstić information content (AvgIpc) is 2.86. The molecule has 1 N–H and O–H groups in total. The third-order valence-electron chi connectivity index (χ3n) is 2.64. The molecule has 1 aromatic heterocycles. The van der Waals surface area contributed by atoms with E-state index >= 15 is 0 Å². The molecule has 3 heteroatoms. The SMILES string of the molecule is Cc1ncncc1C1(CO)CC1. The van der Waals surface area contributed by atoms with Crippen LogP contribution >= 0.6 is 0 Å². The van der Waals surface area contributed by atoms with Crippen LogP contribution in [-0.2, 0) is 5.41 Å². The Bertz CT molecular complexity index is 294. The van der Waals surface area contributed by atoms with Gasteiger partial charge in [-0.25, -0.2) is 9.97 Å². The van der Waals surface area contributed by atoms with E-state index in [9.17, 15) is 5.11 Å². The summed E-state index contributed by atoms with van der Waals surface area (Å²) < 4.78 is 0. The number of aryl methyl sites for hydroxylation is 1. The van der Waals surface area contributed by atoms with Crippen LogP contribution in [0, 0.1) is 6.92 Å². The van der Waals surface area contributed by atoms with Crippen LogP contribution in [0.3, 0.4) is 0 Å². The van der Waals surface area contributed by atoms with Crippen molar-refractivity contribution in [3.8, 4) is 0 Å². The first kappa shape index (κ1) is 7.68. The molecule has 0 aromatic carbocycles. The maximum atomic E-state index is 9.18. The molecule has 3 nitrogen and oxygen atoms in total. The van der Waals surface area contributed by atoms with E-state index in [1.54, 1.807) is 6.33 Å². The van der Waals surface area contributed by atoms with Crippen molar-refractivity contribution >= 4 is 0 Å².